The Kier molecular flexibility index (Phi) is 1.66. The number of hydrogen-bond acceptors (Lipinski definition) is 1. The minimum atomic E-state index is 0.0563. The Hall–Kier alpha value is -1.60. The van der Waals surface area contributed by atoms with Gasteiger partial charge in [0.25, 0.3) is 0 Å². The molecular formula is C16H14O. The van der Waals surface area contributed by atoms with E-state index in [0.29, 0.717) is 0 Å². The molecule has 84 valence electrons. The van der Waals surface area contributed by atoms with Gasteiger partial charge in [0.1, 0.15) is 0 Å². The molecule has 1 heteroatoms. The third kappa shape index (κ3) is 1.03. The summed E-state index contributed by atoms with van der Waals surface area (Å²) in [6.45, 7) is 3.86. The Morgan fingerprint density at radius 1 is 1.00 bits per heavy atom. The maximum Gasteiger partial charge on any atom is 0.0720 e. The number of ether oxygens (including phenoxy) is 1. The first-order valence-corrected chi connectivity index (χ1v) is 6.11. The van der Waals surface area contributed by atoms with Crippen LogP contribution in [0, 0.1) is 0 Å². The predicted molar refractivity (Wildman–Crippen MR) is 68.0 cm³/mol. The maximum atomic E-state index is 5.79. The molecule has 0 aromatic heterocycles. The van der Waals surface area contributed by atoms with Gasteiger partial charge in [0.2, 0.25) is 0 Å². The van der Waals surface area contributed by atoms with Crippen molar-refractivity contribution < 1.29 is 4.74 Å². The Balaban J connectivity index is 2.16. The van der Waals surface area contributed by atoms with Crippen molar-refractivity contribution in [3.05, 3.63) is 59.2 Å². The van der Waals surface area contributed by atoms with Gasteiger partial charge >= 0.3 is 0 Å². The topological polar surface area (TPSA) is 9.23 Å². The van der Waals surface area contributed by atoms with Gasteiger partial charge in [-0.15, -0.1) is 0 Å². The number of benzene rings is 2. The van der Waals surface area contributed by atoms with Crippen molar-refractivity contribution >= 4 is 0 Å². The molecule has 0 fully saturated rings. The quantitative estimate of drug-likeness (QED) is 0.663. The van der Waals surface area contributed by atoms with Crippen molar-refractivity contribution in [2.75, 3.05) is 6.61 Å². The van der Waals surface area contributed by atoms with Crippen molar-refractivity contribution in [2.45, 2.75) is 18.9 Å². The molecule has 0 saturated carbocycles. The van der Waals surface area contributed by atoms with Crippen LogP contribution < -0.4 is 0 Å². The molecule has 1 unspecified atom stereocenters. The molecule has 0 bridgehead atoms. The molecule has 0 radical (unpaired) electrons. The predicted octanol–water partition coefficient (Wildman–Crippen LogP) is 3.50. The second-order valence-corrected chi connectivity index (χ2v) is 5.21. The number of fused-ring (bicyclic) bond motifs is 3. The smallest absolute Gasteiger partial charge is 0.0720 e. The summed E-state index contributed by atoms with van der Waals surface area (Å²) in [5.74, 6) is 0. The molecule has 1 aliphatic carbocycles. The molecule has 17 heavy (non-hydrogen) atoms. The molecule has 2 aliphatic rings. The second kappa shape index (κ2) is 2.99. The molecule has 1 atom stereocenters. The highest BCUT2D eigenvalue weighted by Crippen LogP contribution is 2.51. The lowest BCUT2D eigenvalue weighted by atomic mass is 9.78. The van der Waals surface area contributed by atoms with Crippen molar-refractivity contribution in [3.8, 4) is 11.1 Å². The first kappa shape index (κ1) is 9.43. The lowest BCUT2D eigenvalue weighted by molar-refractivity contribution is 0.0731. The van der Waals surface area contributed by atoms with E-state index >= 15 is 0 Å². The summed E-state index contributed by atoms with van der Waals surface area (Å²) < 4.78 is 5.79. The summed E-state index contributed by atoms with van der Waals surface area (Å²) >= 11 is 0. The van der Waals surface area contributed by atoms with Gasteiger partial charge in [-0.3, -0.25) is 0 Å². The van der Waals surface area contributed by atoms with E-state index in [1.54, 1.807) is 0 Å². The minimum absolute atomic E-state index is 0.0563. The van der Waals surface area contributed by atoms with Crippen molar-refractivity contribution in [1.29, 1.82) is 0 Å². The van der Waals surface area contributed by atoms with Crippen LogP contribution in [-0.2, 0) is 16.8 Å². The molecule has 0 saturated heterocycles. The fourth-order valence-electron chi connectivity index (χ4n) is 3.45. The maximum absolute atomic E-state index is 5.79. The van der Waals surface area contributed by atoms with Gasteiger partial charge in [-0.1, -0.05) is 42.5 Å². The standard InChI is InChI=1S/C16H14O/c1-16-10-17-9-11-5-4-7-13(15(11)16)12-6-2-3-8-14(12)16/h2-8H,9-10H2,1H3. The third-order valence-corrected chi connectivity index (χ3v) is 4.16. The van der Waals surface area contributed by atoms with Gasteiger partial charge in [0.15, 0.2) is 0 Å². The summed E-state index contributed by atoms with van der Waals surface area (Å²) in [5.41, 5.74) is 7.11. The van der Waals surface area contributed by atoms with E-state index in [1.165, 1.54) is 27.8 Å². The van der Waals surface area contributed by atoms with Crippen LogP contribution in [0.15, 0.2) is 42.5 Å². The zero-order chi connectivity index (χ0) is 11.5. The van der Waals surface area contributed by atoms with E-state index in [2.05, 4.69) is 49.4 Å². The van der Waals surface area contributed by atoms with Crippen molar-refractivity contribution in [1.82, 2.24) is 0 Å². The van der Waals surface area contributed by atoms with E-state index in [-0.39, 0.29) is 5.41 Å². The first-order chi connectivity index (χ1) is 8.31. The van der Waals surface area contributed by atoms with Crippen LogP contribution in [0.5, 0.6) is 0 Å². The number of hydrogen-bond donors (Lipinski definition) is 0. The van der Waals surface area contributed by atoms with Gasteiger partial charge in [-0.2, -0.15) is 0 Å². The van der Waals surface area contributed by atoms with Crippen LogP contribution in [0.4, 0.5) is 0 Å². The lowest BCUT2D eigenvalue weighted by Crippen LogP contribution is -2.32. The Morgan fingerprint density at radius 3 is 2.76 bits per heavy atom. The number of rotatable bonds is 0. The van der Waals surface area contributed by atoms with Crippen LogP contribution >= 0.6 is 0 Å². The van der Waals surface area contributed by atoms with E-state index in [9.17, 15) is 0 Å². The van der Waals surface area contributed by atoms with Crippen LogP contribution in [0.25, 0.3) is 11.1 Å². The van der Waals surface area contributed by atoms with E-state index < -0.39 is 0 Å². The highest BCUT2D eigenvalue weighted by Gasteiger charge is 2.42. The van der Waals surface area contributed by atoms with Crippen molar-refractivity contribution in [2.24, 2.45) is 0 Å². The van der Waals surface area contributed by atoms with Crippen LogP contribution in [-0.4, -0.2) is 6.61 Å². The second-order valence-electron chi connectivity index (χ2n) is 5.21. The van der Waals surface area contributed by atoms with Gasteiger partial charge in [-0.05, 0) is 34.7 Å². The highest BCUT2D eigenvalue weighted by atomic mass is 16.5. The lowest BCUT2D eigenvalue weighted by Gasteiger charge is -2.33. The zero-order valence-corrected chi connectivity index (χ0v) is 9.86. The Labute approximate surface area is 101 Å². The molecule has 1 heterocycles. The van der Waals surface area contributed by atoms with E-state index in [0.717, 1.165) is 13.2 Å². The summed E-state index contributed by atoms with van der Waals surface area (Å²) in [6, 6.07) is 15.3. The molecular weight excluding hydrogens is 208 g/mol. The molecule has 4 rings (SSSR count). The highest BCUT2D eigenvalue weighted by molar-refractivity contribution is 5.82. The monoisotopic (exact) mass is 222 g/mol. The molecule has 0 spiro atoms. The summed E-state index contributed by atoms with van der Waals surface area (Å²) in [4.78, 5) is 0. The van der Waals surface area contributed by atoms with E-state index in [1.807, 2.05) is 0 Å². The van der Waals surface area contributed by atoms with Crippen LogP contribution in [0.2, 0.25) is 0 Å². The zero-order valence-electron chi connectivity index (χ0n) is 9.86. The normalized spacial score (nSPS) is 24.3. The fraction of sp³-hybridized carbons (Fsp3) is 0.250. The van der Waals surface area contributed by atoms with Gasteiger partial charge in [0.05, 0.1) is 13.2 Å². The third-order valence-electron chi connectivity index (χ3n) is 4.16. The molecule has 2 aromatic carbocycles. The molecule has 1 nitrogen and oxygen atoms in total. The van der Waals surface area contributed by atoms with Gasteiger partial charge in [0, 0.05) is 5.41 Å². The summed E-state index contributed by atoms with van der Waals surface area (Å²) in [5, 5.41) is 0. The average molecular weight is 222 g/mol. The summed E-state index contributed by atoms with van der Waals surface area (Å²) in [7, 11) is 0. The van der Waals surface area contributed by atoms with Crippen LogP contribution in [0.3, 0.4) is 0 Å². The van der Waals surface area contributed by atoms with Gasteiger partial charge in [-0.25, -0.2) is 0 Å². The first-order valence-electron chi connectivity index (χ1n) is 6.11. The van der Waals surface area contributed by atoms with Crippen molar-refractivity contribution in [3.63, 3.8) is 0 Å². The van der Waals surface area contributed by atoms with Crippen LogP contribution in [0.1, 0.15) is 23.6 Å². The SMILES string of the molecule is CC12COCc3cccc(c31)-c1ccccc12. The average Bonchev–Trinajstić information content (AvgIpc) is 2.63. The van der Waals surface area contributed by atoms with Gasteiger partial charge < -0.3 is 4.74 Å². The molecule has 0 amide bonds. The largest absolute Gasteiger partial charge is 0.375 e. The van der Waals surface area contributed by atoms with E-state index in [4.69, 9.17) is 4.74 Å². The minimum Gasteiger partial charge on any atom is -0.375 e. The fourth-order valence-corrected chi connectivity index (χ4v) is 3.45. The molecule has 1 aliphatic heterocycles. The Morgan fingerprint density at radius 2 is 1.82 bits per heavy atom. The molecule has 0 N–H and O–H groups in total. The molecule has 2 aromatic rings. The Bertz CT molecular complexity index is 615. The summed E-state index contributed by atoms with van der Waals surface area (Å²) in [6.07, 6.45) is 0.